The topological polar surface area (TPSA) is 66.4 Å². The monoisotopic (exact) mass is 309 g/mol. The van der Waals surface area contributed by atoms with Gasteiger partial charge in [0.05, 0.1) is 5.02 Å². The maximum Gasteiger partial charge on any atom is 0.242 e. The zero-order valence-electron chi connectivity index (χ0n) is 10.7. The Morgan fingerprint density at radius 1 is 1.42 bits per heavy atom. The molecule has 4 nitrogen and oxygen atoms in total. The Kier molecular flexibility index (Phi) is 5.73. The Labute approximate surface area is 117 Å². The average Bonchev–Trinajstić information content (AvgIpc) is 2.27. The van der Waals surface area contributed by atoms with E-state index in [1.807, 2.05) is 13.8 Å². The second kappa shape index (κ2) is 6.65. The molecule has 7 heteroatoms. The van der Waals surface area contributed by atoms with Gasteiger partial charge in [0.1, 0.15) is 10.7 Å². The van der Waals surface area contributed by atoms with Crippen LogP contribution >= 0.6 is 11.6 Å². The molecule has 0 spiro atoms. The molecule has 0 amide bonds. The lowest BCUT2D eigenvalue weighted by Crippen LogP contribution is -2.39. The molecule has 1 rings (SSSR count). The van der Waals surface area contributed by atoms with E-state index in [0.717, 1.165) is 18.2 Å². The second-order valence-corrected chi connectivity index (χ2v) is 6.65. The number of aliphatic hydroxyl groups is 1. The molecule has 0 radical (unpaired) electrons. The zero-order valence-corrected chi connectivity index (χ0v) is 12.3. The van der Waals surface area contributed by atoms with Crippen molar-refractivity contribution in [2.75, 3.05) is 6.61 Å². The van der Waals surface area contributed by atoms with Crippen LogP contribution in [0.1, 0.15) is 20.3 Å². The van der Waals surface area contributed by atoms with E-state index in [0.29, 0.717) is 6.42 Å². The quantitative estimate of drug-likeness (QED) is 0.846. The number of aliphatic hydroxyl groups excluding tert-OH is 1. The van der Waals surface area contributed by atoms with Gasteiger partial charge in [0.2, 0.25) is 10.0 Å². The molecular weight excluding hydrogens is 293 g/mol. The fourth-order valence-corrected chi connectivity index (χ4v) is 3.57. The Balaban J connectivity index is 3.03. The van der Waals surface area contributed by atoms with Crippen LogP contribution in [-0.4, -0.2) is 26.2 Å². The molecule has 0 aliphatic heterocycles. The first kappa shape index (κ1) is 16.4. The lowest BCUT2D eigenvalue weighted by molar-refractivity contribution is 0.256. The second-order valence-electron chi connectivity index (χ2n) is 4.56. The van der Waals surface area contributed by atoms with Crippen LogP contribution in [0.4, 0.5) is 4.39 Å². The first-order valence-electron chi connectivity index (χ1n) is 5.86. The molecule has 1 aromatic rings. The Bertz CT molecular complexity index is 534. The summed E-state index contributed by atoms with van der Waals surface area (Å²) in [5.74, 6) is -0.583. The Morgan fingerprint density at radius 2 is 2.05 bits per heavy atom. The van der Waals surface area contributed by atoms with Gasteiger partial charge in [0, 0.05) is 12.6 Å². The Hall–Kier alpha value is -0.690. The Morgan fingerprint density at radius 3 is 2.53 bits per heavy atom. The highest BCUT2D eigenvalue weighted by molar-refractivity contribution is 7.89. The maximum atomic E-state index is 12.9. The minimum Gasteiger partial charge on any atom is -0.396 e. The number of halogens is 2. The summed E-state index contributed by atoms with van der Waals surface area (Å²) < 4.78 is 39.7. The number of nitrogens with one attached hydrogen (secondary N) is 1. The van der Waals surface area contributed by atoms with Crippen molar-refractivity contribution in [1.82, 2.24) is 4.72 Å². The van der Waals surface area contributed by atoms with Crippen molar-refractivity contribution in [3.05, 3.63) is 29.0 Å². The molecule has 1 aromatic carbocycles. The highest BCUT2D eigenvalue weighted by Crippen LogP contribution is 2.23. The molecule has 19 heavy (non-hydrogen) atoms. The van der Waals surface area contributed by atoms with Crippen LogP contribution in [0.25, 0.3) is 0 Å². The van der Waals surface area contributed by atoms with Gasteiger partial charge >= 0.3 is 0 Å². The van der Waals surface area contributed by atoms with Crippen molar-refractivity contribution < 1.29 is 17.9 Å². The molecule has 108 valence electrons. The minimum absolute atomic E-state index is 0.0150. The van der Waals surface area contributed by atoms with Gasteiger partial charge in [0.15, 0.2) is 0 Å². The molecule has 0 aliphatic rings. The van der Waals surface area contributed by atoms with Crippen LogP contribution < -0.4 is 4.72 Å². The molecule has 0 saturated carbocycles. The van der Waals surface area contributed by atoms with Crippen LogP contribution in [0.3, 0.4) is 0 Å². The van der Waals surface area contributed by atoms with Crippen molar-refractivity contribution in [3.8, 4) is 0 Å². The summed E-state index contributed by atoms with van der Waals surface area (Å²) in [4.78, 5) is -0.167. The lowest BCUT2D eigenvalue weighted by atomic mass is 10.0. The van der Waals surface area contributed by atoms with Gasteiger partial charge in [-0.1, -0.05) is 25.4 Å². The minimum atomic E-state index is -3.83. The number of hydrogen-bond donors (Lipinski definition) is 2. The normalized spacial score (nSPS) is 13.8. The van der Waals surface area contributed by atoms with Gasteiger partial charge in [-0.2, -0.15) is 0 Å². The highest BCUT2D eigenvalue weighted by Gasteiger charge is 2.24. The van der Waals surface area contributed by atoms with Gasteiger partial charge in [-0.05, 0) is 30.5 Å². The molecular formula is C12H17ClFNO3S. The van der Waals surface area contributed by atoms with Gasteiger partial charge in [-0.15, -0.1) is 0 Å². The maximum absolute atomic E-state index is 12.9. The fourth-order valence-electron chi connectivity index (χ4n) is 1.62. The van der Waals surface area contributed by atoms with Crippen molar-refractivity contribution >= 4 is 21.6 Å². The van der Waals surface area contributed by atoms with E-state index >= 15 is 0 Å². The van der Waals surface area contributed by atoms with Crippen molar-refractivity contribution in [1.29, 1.82) is 0 Å². The van der Waals surface area contributed by atoms with E-state index in [2.05, 4.69) is 4.72 Å². The number of benzene rings is 1. The third-order valence-corrected chi connectivity index (χ3v) is 4.71. The molecule has 0 bridgehead atoms. The third-order valence-electron chi connectivity index (χ3n) is 2.73. The molecule has 2 N–H and O–H groups in total. The van der Waals surface area contributed by atoms with Gasteiger partial charge in [-0.3, -0.25) is 0 Å². The van der Waals surface area contributed by atoms with Crippen LogP contribution in [0.2, 0.25) is 5.02 Å². The summed E-state index contributed by atoms with van der Waals surface area (Å²) in [5.41, 5.74) is 0. The summed E-state index contributed by atoms with van der Waals surface area (Å²) in [6, 6.07) is 2.70. The van der Waals surface area contributed by atoms with E-state index in [9.17, 15) is 12.8 Å². The van der Waals surface area contributed by atoms with Gasteiger partial charge in [0.25, 0.3) is 0 Å². The zero-order chi connectivity index (χ0) is 14.6. The summed E-state index contributed by atoms with van der Waals surface area (Å²) >= 11 is 5.75. The number of hydrogen-bond acceptors (Lipinski definition) is 3. The third kappa shape index (κ3) is 4.42. The standard InChI is InChI=1S/C12H17ClFNO3S/c1-8(2)11(5-6-16)15-19(17,18)12-4-3-9(14)7-10(12)13/h3-4,7-8,11,15-16H,5-6H2,1-2H3. The van der Waals surface area contributed by atoms with E-state index in [1.54, 1.807) is 0 Å². The molecule has 0 aromatic heterocycles. The van der Waals surface area contributed by atoms with E-state index in [4.69, 9.17) is 16.7 Å². The molecule has 1 atom stereocenters. The van der Waals surface area contributed by atoms with Crippen molar-refractivity contribution in [3.63, 3.8) is 0 Å². The van der Waals surface area contributed by atoms with Crippen molar-refractivity contribution in [2.45, 2.75) is 31.2 Å². The predicted molar refractivity (Wildman–Crippen MR) is 72.1 cm³/mol. The summed E-state index contributed by atoms with van der Waals surface area (Å²) in [6.45, 7) is 3.56. The lowest BCUT2D eigenvalue weighted by Gasteiger charge is -2.21. The van der Waals surface area contributed by atoms with Gasteiger partial charge in [-0.25, -0.2) is 17.5 Å². The first-order chi connectivity index (χ1) is 8.77. The van der Waals surface area contributed by atoms with Crippen LogP contribution in [-0.2, 0) is 10.0 Å². The van der Waals surface area contributed by atoms with E-state index in [-0.39, 0.29) is 22.4 Å². The van der Waals surface area contributed by atoms with E-state index in [1.165, 1.54) is 0 Å². The van der Waals surface area contributed by atoms with E-state index < -0.39 is 21.9 Å². The smallest absolute Gasteiger partial charge is 0.242 e. The summed E-state index contributed by atoms with van der Waals surface area (Å²) in [6.07, 6.45) is 0.301. The van der Waals surface area contributed by atoms with Crippen LogP contribution in [0.15, 0.2) is 23.1 Å². The molecule has 0 heterocycles. The largest absolute Gasteiger partial charge is 0.396 e. The molecule has 0 aliphatic carbocycles. The number of rotatable bonds is 6. The molecule has 0 saturated heterocycles. The van der Waals surface area contributed by atoms with Crippen LogP contribution in [0.5, 0.6) is 0 Å². The molecule has 1 unspecified atom stereocenters. The summed E-state index contributed by atoms with van der Waals surface area (Å²) in [5, 5.41) is 8.77. The predicted octanol–water partition coefficient (Wildman–Crippen LogP) is 2.16. The SMILES string of the molecule is CC(C)C(CCO)NS(=O)(=O)c1ccc(F)cc1Cl. The van der Waals surface area contributed by atoms with Crippen molar-refractivity contribution in [2.24, 2.45) is 5.92 Å². The summed E-state index contributed by atoms with van der Waals surface area (Å²) in [7, 11) is -3.83. The van der Waals surface area contributed by atoms with Crippen LogP contribution in [0, 0.1) is 11.7 Å². The van der Waals surface area contributed by atoms with Gasteiger partial charge < -0.3 is 5.11 Å². The first-order valence-corrected chi connectivity index (χ1v) is 7.72. The number of sulfonamides is 1. The fraction of sp³-hybridized carbons (Fsp3) is 0.500. The highest BCUT2D eigenvalue weighted by atomic mass is 35.5. The molecule has 0 fully saturated rings. The average molecular weight is 310 g/mol.